The second-order valence-corrected chi connectivity index (χ2v) is 4.21. The standard InChI is InChI=1S/C13H17N3O2/c1-3-11(8-18-2)15-13(17)9-4-5-10-7-14-16-12(10)6-9/h4-7,11H,3,8H2,1-2H3,(H,14,16)(H,15,17). The van der Waals surface area contributed by atoms with Gasteiger partial charge in [0.05, 0.1) is 24.4 Å². The maximum Gasteiger partial charge on any atom is 0.251 e. The number of carbonyl (C=O) groups excluding carboxylic acids is 1. The number of aromatic amines is 1. The minimum Gasteiger partial charge on any atom is -0.383 e. The topological polar surface area (TPSA) is 67.0 Å². The normalized spacial score (nSPS) is 12.6. The molecule has 0 aliphatic rings. The highest BCUT2D eigenvalue weighted by Crippen LogP contribution is 2.12. The van der Waals surface area contributed by atoms with Crippen molar-refractivity contribution in [2.75, 3.05) is 13.7 Å². The number of amides is 1. The van der Waals surface area contributed by atoms with Crippen LogP contribution < -0.4 is 5.32 Å². The summed E-state index contributed by atoms with van der Waals surface area (Å²) in [6.07, 6.45) is 2.57. The Morgan fingerprint density at radius 3 is 3.11 bits per heavy atom. The summed E-state index contributed by atoms with van der Waals surface area (Å²) >= 11 is 0. The zero-order valence-electron chi connectivity index (χ0n) is 10.6. The largest absolute Gasteiger partial charge is 0.383 e. The van der Waals surface area contributed by atoms with E-state index in [0.29, 0.717) is 12.2 Å². The van der Waals surface area contributed by atoms with Crippen LogP contribution in [0.25, 0.3) is 10.9 Å². The first-order valence-corrected chi connectivity index (χ1v) is 5.97. The summed E-state index contributed by atoms with van der Waals surface area (Å²) in [5, 5.41) is 10.7. The molecular formula is C13H17N3O2. The van der Waals surface area contributed by atoms with Crippen LogP contribution in [-0.4, -0.2) is 35.9 Å². The number of methoxy groups -OCH3 is 1. The number of nitrogens with zero attached hydrogens (tertiary/aromatic N) is 1. The fourth-order valence-corrected chi connectivity index (χ4v) is 1.81. The zero-order valence-corrected chi connectivity index (χ0v) is 10.6. The second-order valence-electron chi connectivity index (χ2n) is 4.21. The molecule has 18 heavy (non-hydrogen) atoms. The van der Waals surface area contributed by atoms with Gasteiger partial charge in [-0.3, -0.25) is 9.89 Å². The number of hydrogen-bond donors (Lipinski definition) is 2. The van der Waals surface area contributed by atoms with Gasteiger partial charge >= 0.3 is 0 Å². The van der Waals surface area contributed by atoms with Crippen LogP contribution in [0.5, 0.6) is 0 Å². The number of H-pyrrole nitrogens is 1. The molecule has 0 saturated carbocycles. The first-order chi connectivity index (χ1) is 8.74. The van der Waals surface area contributed by atoms with E-state index in [0.717, 1.165) is 17.3 Å². The fraction of sp³-hybridized carbons (Fsp3) is 0.385. The average Bonchev–Trinajstić information content (AvgIpc) is 2.85. The third kappa shape index (κ3) is 2.68. The molecule has 0 radical (unpaired) electrons. The predicted octanol–water partition coefficient (Wildman–Crippen LogP) is 1.72. The maximum atomic E-state index is 12.1. The van der Waals surface area contributed by atoms with E-state index < -0.39 is 0 Å². The zero-order chi connectivity index (χ0) is 13.0. The van der Waals surface area contributed by atoms with E-state index in [9.17, 15) is 4.79 Å². The first kappa shape index (κ1) is 12.6. The molecule has 1 unspecified atom stereocenters. The lowest BCUT2D eigenvalue weighted by Crippen LogP contribution is -2.37. The SMILES string of the molecule is CCC(COC)NC(=O)c1ccc2cn[nH]c2c1. The fourth-order valence-electron chi connectivity index (χ4n) is 1.81. The number of hydrogen-bond acceptors (Lipinski definition) is 3. The minimum absolute atomic E-state index is 0.0416. The maximum absolute atomic E-state index is 12.1. The Morgan fingerprint density at radius 2 is 2.39 bits per heavy atom. The summed E-state index contributed by atoms with van der Waals surface area (Å²) in [6.45, 7) is 2.54. The van der Waals surface area contributed by atoms with Crippen LogP contribution in [-0.2, 0) is 4.74 Å². The molecule has 1 amide bonds. The van der Waals surface area contributed by atoms with Crippen molar-refractivity contribution in [2.45, 2.75) is 19.4 Å². The lowest BCUT2D eigenvalue weighted by atomic mass is 10.1. The van der Waals surface area contributed by atoms with E-state index in [1.807, 2.05) is 13.0 Å². The molecule has 0 fully saturated rings. The van der Waals surface area contributed by atoms with E-state index in [1.165, 1.54) is 0 Å². The van der Waals surface area contributed by atoms with Crippen LogP contribution >= 0.6 is 0 Å². The third-order valence-corrected chi connectivity index (χ3v) is 2.90. The van der Waals surface area contributed by atoms with E-state index in [2.05, 4.69) is 15.5 Å². The lowest BCUT2D eigenvalue weighted by Gasteiger charge is -2.15. The van der Waals surface area contributed by atoms with Crippen molar-refractivity contribution in [1.29, 1.82) is 0 Å². The van der Waals surface area contributed by atoms with Crippen molar-refractivity contribution in [3.05, 3.63) is 30.0 Å². The summed E-state index contributed by atoms with van der Waals surface area (Å²) in [4.78, 5) is 12.1. The Balaban J connectivity index is 2.12. The molecule has 1 aromatic carbocycles. The summed E-state index contributed by atoms with van der Waals surface area (Å²) in [7, 11) is 1.63. The molecule has 5 heteroatoms. The Kier molecular flexibility index (Phi) is 3.94. The van der Waals surface area contributed by atoms with Gasteiger partial charge in [0.25, 0.3) is 5.91 Å². The molecular weight excluding hydrogens is 230 g/mol. The van der Waals surface area contributed by atoms with Gasteiger partial charge in [0.1, 0.15) is 0 Å². The van der Waals surface area contributed by atoms with Gasteiger partial charge in [-0.15, -0.1) is 0 Å². The number of ether oxygens (including phenoxy) is 1. The molecule has 1 atom stereocenters. The molecule has 0 aliphatic heterocycles. The number of carbonyl (C=O) groups is 1. The number of nitrogens with one attached hydrogen (secondary N) is 2. The molecule has 1 heterocycles. The second kappa shape index (κ2) is 5.64. The number of aromatic nitrogens is 2. The van der Waals surface area contributed by atoms with Crippen LogP contribution in [0.2, 0.25) is 0 Å². The molecule has 0 saturated heterocycles. The van der Waals surface area contributed by atoms with Crippen molar-refractivity contribution >= 4 is 16.8 Å². The van der Waals surface area contributed by atoms with E-state index in [4.69, 9.17) is 4.74 Å². The Labute approximate surface area is 106 Å². The van der Waals surface area contributed by atoms with Crippen LogP contribution in [0, 0.1) is 0 Å². The first-order valence-electron chi connectivity index (χ1n) is 5.97. The van der Waals surface area contributed by atoms with Crippen molar-refractivity contribution in [3.63, 3.8) is 0 Å². The van der Waals surface area contributed by atoms with Crippen LogP contribution in [0.15, 0.2) is 24.4 Å². The van der Waals surface area contributed by atoms with Gasteiger partial charge in [-0.1, -0.05) is 13.0 Å². The molecule has 2 rings (SSSR count). The Bertz CT molecular complexity index is 536. The highest BCUT2D eigenvalue weighted by atomic mass is 16.5. The monoisotopic (exact) mass is 247 g/mol. The molecule has 96 valence electrons. The van der Waals surface area contributed by atoms with Crippen LogP contribution in [0.4, 0.5) is 0 Å². The lowest BCUT2D eigenvalue weighted by molar-refractivity contribution is 0.0895. The van der Waals surface area contributed by atoms with E-state index >= 15 is 0 Å². The Hall–Kier alpha value is -1.88. The molecule has 2 N–H and O–H groups in total. The van der Waals surface area contributed by atoms with Crippen molar-refractivity contribution < 1.29 is 9.53 Å². The van der Waals surface area contributed by atoms with Gasteiger partial charge in [0, 0.05) is 18.1 Å². The summed E-state index contributed by atoms with van der Waals surface area (Å²) in [5.74, 6) is -0.0876. The van der Waals surface area contributed by atoms with Crippen LogP contribution in [0.1, 0.15) is 23.7 Å². The van der Waals surface area contributed by atoms with Crippen molar-refractivity contribution in [2.24, 2.45) is 0 Å². The Morgan fingerprint density at radius 1 is 1.56 bits per heavy atom. The molecule has 5 nitrogen and oxygen atoms in total. The van der Waals surface area contributed by atoms with Gasteiger partial charge in [-0.25, -0.2) is 0 Å². The smallest absolute Gasteiger partial charge is 0.251 e. The van der Waals surface area contributed by atoms with E-state index in [-0.39, 0.29) is 11.9 Å². The number of fused-ring (bicyclic) bond motifs is 1. The van der Waals surface area contributed by atoms with Gasteiger partial charge in [-0.05, 0) is 18.6 Å². The quantitative estimate of drug-likeness (QED) is 0.845. The summed E-state index contributed by atoms with van der Waals surface area (Å²) < 4.78 is 5.06. The third-order valence-electron chi connectivity index (χ3n) is 2.90. The predicted molar refractivity (Wildman–Crippen MR) is 69.5 cm³/mol. The average molecular weight is 247 g/mol. The molecule has 0 aliphatic carbocycles. The van der Waals surface area contributed by atoms with E-state index in [1.54, 1.807) is 25.4 Å². The molecule has 2 aromatic rings. The van der Waals surface area contributed by atoms with Crippen molar-refractivity contribution in [1.82, 2.24) is 15.5 Å². The molecule has 0 spiro atoms. The highest BCUT2D eigenvalue weighted by molar-refractivity contribution is 5.97. The van der Waals surface area contributed by atoms with Gasteiger partial charge in [0.2, 0.25) is 0 Å². The highest BCUT2D eigenvalue weighted by Gasteiger charge is 2.12. The van der Waals surface area contributed by atoms with Gasteiger partial charge < -0.3 is 10.1 Å². The molecule has 1 aromatic heterocycles. The van der Waals surface area contributed by atoms with Crippen molar-refractivity contribution in [3.8, 4) is 0 Å². The number of rotatable bonds is 5. The minimum atomic E-state index is -0.0876. The molecule has 0 bridgehead atoms. The van der Waals surface area contributed by atoms with Gasteiger partial charge in [0.15, 0.2) is 0 Å². The summed E-state index contributed by atoms with van der Waals surface area (Å²) in [6, 6.07) is 5.52. The van der Waals surface area contributed by atoms with Gasteiger partial charge in [-0.2, -0.15) is 5.10 Å². The summed E-state index contributed by atoms with van der Waals surface area (Å²) in [5.41, 5.74) is 1.49. The number of benzene rings is 1. The van der Waals surface area contributed by atoms with Crippen LogP contribution in [0.3, 0.4) is 0 Å².